The first-order chi connectivity index (χ1) is 10.1. The van der Waals surface area contributed by atoms with Crippen LogP contribution in [0.2, 0.25) is 0 Å². The van der Waals surface area contributed by atoms with Gasteiger partial charge in [0.1, 0.15) is 5.75 Å². The van der Waals surface area contributed by atoms with Crippen LogP contribution in [0.1, 0.15) is 27.0 Å². The summed E-state index contributed by atoms with van der Waals surface area (Å²) in [6, 6.07) is 12.8. The zero-order valence-electron chi connectivity index (χ0n) is 12.3. The van der Waals surface area contributed by atoms with E-state index in [0.717, 1.165) is 22.4 Å². The first-order valence-corrected chi connectivity index (χ1v) is 6.49. The van der Waals surface area contributed by atoms with Gasteiger partial charge in [-0.2, -0.15) is 0 Å². The predicted octanol–water partition coefficient (Wildman–Crippen LogP) is 3.19. The van der Waals surface area contributed by atoms with Crippen LogP contribution in [-0.2, 0) is 4.74 Å². The van der Waals surface area contributed by atoms with Gasteiger partial charge < -0.3 is 9.47 Å². The molecule has 0 aliphatic heterocycles. The number of aryl methyl sites for hydroxylation is 1. The Morgan fingerprint density at radius 2 is 1.86 bits per heavy atom. The number of hydrogen-bond acceptors (Lipinski definition) is 3. The summed E-state index contributed by atoms with van der Waals surface area (Å²) in [5.41, 5.74) is 3.24. The Morgan fingerprint density at radius 3 is 2.52 bits per heavy atom. The van der Waals surface area contributed by atoms with Crippen molar-refractivity contribution in [3.05, 3.63) is 64.7 Å². The van der Waals surface area contributed by atoms with Crippen LogP contribution in [0.5, 0.6) is 5.75 Å². The van der Waals surface area contributed by atoms with Crippen LogP contribution in [0.25, 0.3) is 0 Å². The van der Waals surface area contributed by atoms with Crippen molar-refractivity contribution in [1.29, 1.82) is 0 Å². The van der Waals surface area contributed by atoms with Crippen LogP contribution >= 0.6 is 0 Å². The maximum absolute atomic E-state index is 11.5. The molecule has 0 unspecified atom stereocenters. The summed E-state index contributed by atoms with van der Waals surface area (Å²) in [5.74, 6) is 6.62. The zero-order chi connectivity index (χ0) is 15.2. The molecule has 106 valence electrons. The summed E-state index contributed by atoms with van der Waals surface area (Å²) in [6.45, 7) is 1.98. The van der Waals surface area contributed by atoms with Crippen molar-refractivity contribution >= 4 is 5.97 Å². The molecule has 0 atom stereocenters. The molecule has 2 rings (SSSR count). The molecule has 0 amide bonds. The molecule has 3 nitrogen and oxygen atoms in total. The van der Waals surface area contributed by atoms with Crippen molar-refractivity contribution in [2.75, 3.05) is 14.2 Å². The fourth-order valence-corrected chi connectivity index (χ4v) is 1.88. The highest BCUT2D eigenvalue weighted by Crippen LogP contribution is 2.16. The van der Waals surface area contributed by atoms with Crippen LogP contribution in [0, 0.1) is 18.8 Å². The van der Waals surface area contributed by atoms with Crippen molar-refractivity contribution < 1.29 is 14.3 Å². The third kappa shape index (κ3) is 3.64. The Kier molecular flexibility index (Phi) is 4.63. The summed E-state index contributed by atoms with van der Waals surface area (Å²) in [7, 11) is 3.00. The molecule has 0 N–H and O–H groups in total. The van der Waals surface area contributed by atoms with Gasteiger partial charge in [0.2, 0.25) is 0 Å². The minimum Gasteiger partial charge on any atom is -0.497 e. The first-order valence-electron chi connectivity index (χ1n) is 6.49. The van der Waals surface area contributed by atoms with Crippen molar-refractivity contribution in [2.45, 2.75) is 6.92 Å². The molecule has 3 heteroatoms. The minimum atomic E-state index is -0.362. The van der Waals surface area contributed by atoms with Crippen LogP contribution < -0.4 is 4.74 Å². The molecular formula is C18H16O3. The quantitative estimate of drug-likeness (QED) is 0.626. The molecule has 0 heterocycles. The van der Waals surface area contributed by atoms with E-state index in [4.69, 9.17) is 9.47 Å². The summed E-state index contributed by atoms with van der Waals surface area (Å²) >= 11 is 0. The molecular weight excluding hydrogens is 264 g/mol. The van der Waals surface area contributed by atoms with E-state index < -0.39 is 0 Å². The standard InChI is InChI=1S/C18H16O3/c1-13-11-17(20-2)10-9-15(13)8-7-14-5-4-6-16(12-14)18(19)21-3/h4-6,9-12H,1-3H3. The molecule has 0 aromatic heterocycles. The number of esters is 1. The predicted molar refractivity (Wildman–Crippen MR) is 81.5 cm³/mol. The molecule has 21 heavy (non-hydrogen) atoms. The summed E-state index contributed by atoms with van der Waals surface area (Å²) < 4.78 is 9.87. The Hall–Kier alpha value is -2.73. The third-order valence-corrected chi connectivity index (χ3v) is 3.06. The number of rotatable bonds is 2. The highest BCUT2D eigenvalue weighted by Gasteiger charge is 2.04. The third-order valence-electron chi connectivity index (χ3n) is 3.06. The summed E-state index contributed by atoms with van der Waals surface area (Å²) in [4.78, 5) is 11.5. The highest BCUT2D eigenvalue weighted by atomic mass is 16.5. The highest BCUT2D eigenvalue weighted by molar-refractivity contribution is 5.89. The lowest BCUT2D eigenvalue weighted by Crippen LogP contribution is -2.00. The molecule has 2 aromatic rings. The van der Waals surface area contributed by atoms with E-state index in [0.29, 0.717) is 5.56 Å². The molecule has 0 radical (unpaired) electrons. The summed E-state index contributed by atoms with van der Waals surface area (Å²) in [5, 5.41) is 0. The van der Waals surface area contributed by atoms with Crippen molar-refractivity contribution in [3.8, 4) is 17.6 Å². The zero-order valence-corrected chi connectivity index (χ0v) is 12.3. The number of benzene rings is 2. The molecule has 0 spiro atoms. The van der Waals surface area contributed by atoms with Crippen LogP contribution in [0.3, 0.4) is 0 Å². The lowest BCUT2D eigenvalue weighted by molar-refractivity contribution is 0.0600. The number of carbonyl (C=O) groups excluding carboxylic acids is 1. The fourth-order valence-electron chi connectivity index (χ4n) is 1.88. The van der Waals surface area contributed by atoms with Gasteiger partial charge in [-0.15, -0.1) is 0 Å². The molecule has 0 saturated heterocycles. The molecule has 0 saturated carbocycles. The van der Waals surface area contributed by atoms with E-state index in [9.17, 15) is 4.79 Å². The summed E-state index contributed by atoms with van der Waals surface area (Å²) in [6.07, 6.45) is 0. The Balaban J connectivity index is 2.29. The lowest BCUT2D eigenvalue weighted by Gasteiger charge is -2.02. The Bertz CT molecular complexity index is 721. The van der Waals surface area contributed by atoms with E-state index in [1.165, 1.54) is 7.11 Å². The van der Waals surface area contributed by atoms with E-state index >= 15 is 0 Å². The number of ether oxygens (including phenoxy) is 2. The average Bonchev–Trinajstić information content (AvgIpc) is 2.53. The Labute approximate surface area is 124 Å². The monoisotopic (exact) mass is 280 g/mol. The van der Waals surface area contributed by atoms with Gasteiger partial charge in [-0.3, -0.25) is 0 Å². The van der Waals surface area contributed by atoms with Gasteiger partial charge in [0.25, 0.3) is 0 Å². The molecule has 0 fully saturated rings. The number of methoxy groups -OCH3 is 2. The number of hydrogen-bond donors (Lipinski definition) is 0. The first kappa shape index (κ1) is 14.7. The van der Waals surface area contributed by atoms with E-state index in [-0.39, 0.29) is 5.97 Å². The van der Waals surface area contributed by atoms with Gasteiger partial charge >= 0.3 is 5.97 Å². The molecule has 0 bridgehead atoms. The topological polar surface area (TPSA) is 35.5 Å². The largest absolute Gasteiger partial charge is 0.497 e. The average molecular weight is 280 g/mol. The van der Waals surface area contributed by atoms with Gasteiger partial charge in [-0.1, -0.05) is 17.9 Å². The normalized spacial score (nSPS) is 9.48. The number of carbonyl (C=O) groups is 1. The lowest BCUT2D eigenvalue weighted by atomic mass is 10.1. The van der Waals surface area contributed by atoms with Crippen LogP contribution in [0.4, 0.5) is 0 Å². The second-order valence-corrected chi connectivity index (χ2v) is 4.50. The SMILES string of the molecule is COC(=O)c1cccc(C#Cc2ccc(OC)cc2C)c1. The van der Waals surface area contributed by atoms with Crippen molar-refractivity contribution in [3.63, 3.8) is 0 Å². The molecule has 2 aromatic carbocycles. The van der Waals surface area contributed by atoms with Gasteiger partial charge in [0.05, 0.1) is 19.8 Å². The smallest absolute Gasteiger partial charge is 0.337 e. The van der Waals surface area contributed by atoms with Gasteiger partial charge in [0.15, 0.2) is 0 Å². The minimum absolute atomic E-state index is 0.362. The second kappa shape index (κ2) is 6.62. The van der Waals surface area contributed by atoms with Crippen molar-refractivity contribution in [2.24, 2.45) is 0 Å². The molecule has 0 aliphatic rings. The fraction of sp³-hybridized carbons (Fsp3) is 0.167. The second-order valence-electron chi connectivity index (χ2n) is 4.50. The van der Waals surface area contributed by atoms with Gasteiger partial charge in [0, 0.05) is 11.1 Å². The van der Waals surface area contributed by atoms with Gasteiger partial charge in [-0.25, -0.2) is 4.79 Å². The van der Waals surface area contributed by atoms with E-state index in [1.54, 1.807) is 25.3 Å². The van der Waals surface area contributed by atoms with Crippen LogP contribution in [-0.4, -0.2) is 20.2 Å². The van der Waals surface area contributed by atoms with E-state index in [1.807, 2.05) is 31.2 Å². The maximum atomic E-state index is 11.5. The van der Waals surface area contributed by atoms with Crippen LogP contribution in [0.15, 0.2) is 42.5 Å². The maximum Gasteiger partial charge on any atom is 0.337 e. The molecule has 0 aliphatic carbocycles. The van der Waals surface area contributed by atoms with Gasteiger partial charge in [-0.05, 0) is 48.9 Å². The van der Waals surface area contributed by atoms with E-state index in [2.05, 4.69) is 11.8 Å². The Morgan fingerprint density at radius 1 is 1.05 bits per heavy atom. The van der Waals surface area contributed by atoms with Crippen molar-refractivity contribution in [1.82, 2.24) is 0 Å².